The molecule has 0 bridgehead atoms. The Balaban J connectivity index is 1.38. The number of aromatic nitrogens is 1. The van der Waals surface area contributed by atoms with Crippen LogP contribution in [0.3, 0.4) is 0 Å². The number of carbonyl (C=O) groups is 1. The number of aryl methyl sites for hydroxylation is 4. The molecule has 1 aromatic heterocycles. The third kappa shape index (κ3) is 5.19. The number of ether oxygens (including phenoxy) is 1. The minimum atomic E-state index is -0.0870. The molecule has 1 fully saturated rings. The van der Waals surface area contributed by atoms with Gasteiger partial charge in [0.15, 0.2) is 5.69 Å². The predicted octanol–water partition coefficient (Wildman–Crippen LogP) is 4.45. The molecular weight excluding hydrogens is 402 g/mol. The van der Waals surface area contributed by atoms with Crippen LogP contribution in [0.5, 0.6) is 5.75 Å². The Kier molecular flexibility index (Phi) is 6.61. The lowest BCUT2D eigenvalue weighted by molar-refractivity contribution is 0.0616. The van der Waals surface area contributed by atoms with E-state index in [1.54, 1.807) is 0 Å². The first-order valence-electron chi connectivity index (χ1n) is 11.1. The third-order valence-electron chi connectivity index (χ3n) is 5.91. The molecular formula is C26H31N3O3. The van der Waals surface area contributed by atoms with Crippen molar-refractivity contribution < 1.29 is 14.1 Å². The van der Waals surface area contributed by atoms with Gasteiger partial charge in [0.05, 0.1) is 5.56 Å². The molecule has 6 heteroatoms. The van der Waals surface area contributed by atoms with Crippen molar-refractivity contribution in [1.29, 1.82) is 0 Å². The van der Waals surface area contributed by atoms with E-state index >= 15 is 0 Å². The molecule has 6 nitrogen and oxygen atoms in total. The van der Waals surface area contributed by atoms with Crippen molar-refractivity contribution in [2.24, 2.45) is 0 Å². The number of carbonyl (C=O) groups excluding carboxylic acids is 1. The topological polar surface area (TPSA) is 58.8 Å². The summed E-state index contributed by atoms with van der Waals surface area (Å²) in [4.78, 5) is 17.4. The van der Waals surface area contributed by atoms with E-state index in [4.69, 9.17) is 9.26 Å². The Morgan fingerprint density at radius 2 is 1.69 bits per heavy atom. The molecule has 0 spiro atoms. The first-order valence-corrected chi connectivity index (χ1v) is 11.1. The zero-order valence-corrected chi connectivity index (χ0v) is 19.4. The molecule has 0 aliphatic carbocycles. The van der Waals surface area contributed by atoms with Crippen LogP contribution < -0.4 is 4.74 Å². The molecule has 0 radical (unpaired) electrons. The summed E-state index contributed by atoms with van der Waals surface area (Å²) in [7, 11) is 0. The van der Waals surface area contributed by atoms with Crippen LogP contribution in [0.1, 0.15) is 44.1 Å². The summed E-state index contributed by atoms with van der Waals surface area (Å²) in [5.41, 5.74) is 5.94. The van der Waals surface area contributed by atoms with Crippen molar-refractivity contribution >= 4 is 5.91 Å². The van der Waals surface area contributed by atoms with Crippen molar-refractivity contribution in [3.8, 4) is 5.75 Å². The highest BCUT2D eigenvalue weighted by Crippen LogP contribution is 2.22. The van der Waals surface area contributed by atoms with Gasteiger partial charge in [-0.3, -0.25) is 9.69 Å². The molecule has 2 heterocycles. The second kappa shape index (κ2) is 9.57. The highest BCUT2D eigenvalue weighted by molar-refractivity contribution is 5.93. The standard InChI is InChI=1S/C26H31N3O3/c1-18-6-5-7-22(13-18)16-28-8-10-29(11-9-28)26(30)25-24(21(4)32-27-25)17-31-23-14-19(2)12-20(3)15-23/h5-7,12-15H,8-11,16-17H2,1-4H3. The molecule has 4 rings (SSSR count). The van der Waals surface area contributed by atoms with Gasteiger partial charge in [0.1, 0.15) is 18.1 Å². The second-order valence-corrected chi connectivity index (χ2v) is 8.74. The van der Waals surface area contributed by atoms with Crippen LogP contribution in [0.15, 0.2) is 47.0 Å². The van der Waals surface area contributed by atoms with Crippen LogP contribution in [0, 0.1) is 27.7 Å². The summed E-state index contributed by atoms with van der Waals surface area (Å²) in [5.74, 6) is 1.32. The van der Waals surface area contributed by atoms with Gasteiger partial charge >= 0.3 is 0 Å². The summed E-state index contributed by atoms with van der Waals surface area (Å²) in [6.45, 7) is 12.2. The summed E-state index contributed by atoms with van der Waals surface area (Å²) in [6.07, 6.45) is 0. The Morgan fingerprint density at radius 1 is 0.969 bits per heavy atom. The molecule has 1 aliphatic heterocycles. The first-order chi connectivity index (χ1) is 15.4. The number of amides is 1. The maximum Gasteiger partial charge on any atom is 0.276 e. The lowest BCUT2D eigenvalue weighted by Crippen LogP contribution is -2.48. The first kappa shape index (κ1) is 22.1. The van der Waals surface area contributed by atoms with Gasteiger partial charge in [0.2, 0.25) is 0 Å². The number of piperazine rings is 1. The van der Waals surface area contributed by atoms with Crippen molar-refractivity contribution in [3.63, 3.8) is 0 Å². The Hall–Kier alpha value is -3.12. The van der Waals surface area contributed by atoms with Gasteiger partial charge in [-0.15, -0.1) is 0 Å². The zero-order valence-electron chi connectivity index (χ0n) is 19.4. The highest BCUT2D eigenvalue weighted by Gasteiger charge is 2.28. The molecule has 2 aromatic carbocycles. The fourth-order valence-corrected chi connectivity index (χ4v) is 4.23. The van der Waals surface area contributed by atoms with Gasteiger partial charge in [-0.25, -0.2) is 0 Å². The van der Waals surface area contributed by atoms with Crippen LogP contribution in [0.2, 0.25) is 0 Å². The number of hydrogen-bond acceptors (Lipinski definition) is 5. The summed E-state index contributed by atoms with van der Waals surface area (Å²) >= 11 is 0. The van der Waals surface area contributed by atoms with Gasteiger partial charge in [-0.2, -0.15) is 0 Å². The van der Waals surface area contributed by atoms with E-state index in [9.17, 15) is 4.79 Å². The summed E-state index contributed by atoms with van der Waals surface area (Å²) < 4.78 is 11.4. The average Bonchev–Trinajstić information content (AvgIpc) is 3.12. The molecule has 1 aliphatic rings. The van der Waals surface area contributed by atoms with Gasteiger partial charge < -0.3 is 14.2 Å². The van der Waals surface area contributed by atoms with Crippen molar-refractivity contribution in [2.45, 2.75) is 40.8 Å². The van der Waals surface area contributed by atoms with Crippen molar-refractivity contribution in [3.05, 3.63) is 81.7 Å². The molecule has 1 amide bonds. The van der Waals surface area contributed by atoms with E-state index in [0.717, 1.165) is 42.1 Å². The lowest BCUT2D eigenvalue weighted by Gasteiger charge is -2.34. The average molecular weight is 434 g/mol. The Morgan fingerprint density at radius 3 is 2.38 bits per heavy atom. The van der Waals surface area contributed by atoms with Crippen LogP contribution in [0.4, 0.5) is 0 Å². The summed E-state index contributed by atoms with van der Waals surface area (Å²) in [5, 5.41) is 4.07. The monoisotopic (exact) mass is 433 g/mol. The fraction of sp³-hybridized carbons (Fsp3) is 0.385. The van der Waals surface area contributed by atoms with Crippen LogP contribution in [0.25, 0.3) is 0 Å². The highest BCUT2D eigenvalue weighted by atomic mass is 16.5. The normalized spacial score (nSPS) is 14.6. The molecule has 0 N–H and O–H groups in total. The van der Waals surface area contributed by atoms with Crippen molar-refractivity contribution in [1.82, 2.24) is 15.0 Å². The fourth-order valence-electron chi connectivity index (χ4n) is 4.23. The number of nitrogens with zero attached hydrogens (tertiary/aromatic N) is 3. The van der Waals surface area contributed by atoms with E-state index in [1.807, 2.05) is 37.8 Å². The smallest absolute Gasteiger partial charge is 0.276 e. The van der Waals surface area contributed by atoms with E-state index < -0.39 is 0 Å². The van der Waals surface area contributed by atoms with Crippen LogP contribution in [-0.4, -0.2) is 47.0 Å². The van der Waals surface area contributed by atoms with E-state index in [2.05, 4.69) is 47.3 Å². The van der Waals surface area contributed by atoms with E-state index in [0.29, 0.717) is 24.5 Å². The Bertz CT molecular complexity index is 1080. The summed E-state index contributed by atoms with van der Waals surface area (Å²) in [6, 6.07) is 14.7. The molecule has 0 atom stereocenters. The van der Waals surface area contributed by atoms with E-state index in [-0.39, 0.29) is 12.5 Å². The van der Waals surface area contributed by atoms with Crippen LogP contribution in [-0.2, 0) is 13.2 Å². The molecule has 32 heavy (non-hydrogen) atoms. The number of hydrogen-bond donors (Lipinski definition) is 0. The maximum absolute atomic E-state index is 13.2. The number of benzene rings is 2. The molecule has 0 unspecified atom stereocenters. The van der Waals surface area contributed by atoms with Crippen molar-refractivity contribution in [2.75, 3.05) is 26.2 Å². The van der Waals surface area contributed by atoms with E-state index in [1.165, 1.54) is 11.1 Å². The van der Waals surface area contributed by atoms with Gasteiger partial charge in [0, 0.05) is 32.7 Å². The lowest BCUT2D eigenvalue weighted by atomic mass is 10.1. The quantitative estimate of drug-likeness (QED) is 0.575. The third-order valence-corrected chi connectivity index (χ3v) is 5.91. The molecule has 1 saturated heterocycles. The number of rotatable bonds is 6. The molecule has 3 aromatic rings. The van der Waals surface area contributed by atoms with Crippen LogP contribution >= 0.6 is 0 Å². The Labute approximate surface area is 189 Å². The van der Waals surface area contributed by atoms with Gasteiger partial charge in [-0.1, -0.05) is 41.1 Å². The van der Waals surface area contributed by atoms with Gasteiger partial charge in [-0.05, 0) is 56.5 Å². The molecule has 168 valence electrons. The predicted molar refractivity (Wildman–Crippen MR) is 124 cm³/mol. The SMILES string of the molecule is Cc1cccc(CN2CCN(C(=O)c3noc(C)c3COc3cc(C)cc(C)c3)CC2)c1. The maximum atomic E-state index is 13.2. The minimum absolute atomic E-state index is 0.0870. The molecule has 0 saturated carbocycles. The zero-order chi connectivity index (χ0) is 22.7. The second-order valence-electron chi connectivity index (χ2n) is 8.74. The minimum Gasteiger partial charge on any atom is -0.489 e. The van der Waals surface area contributed by atoms with Gasteiger partial charge in [0.25, 0.3) is 5.91 Å². The largest absolute Gasteiger partial charge is 0.489 e.